The van der Waals surface area contributed by atoms with Crippen molar-refractivity contribution in [3.05, 3.63) is 35.6 Å². The lowest BCUT2D eigenvalue weighted by atomic mass is 10.1. The summed E-state index contributed by atoms with van der Waals surface area (Å²) in [5.41, 5.74) is 0.728. The molecule has 0 radical (unpaired) electrons. The van der Waals surface area contributed by atoms with E-state index >= 15 is 0 Å². The van der Waals surface area contributed by atoms with Crippen LogP contribution < -0.4 is 0 Å². The van der Waals surface area contributed by atoms with Gasteiger partial charge in [-0.15, -0.1) is 0 Å². The van der Waals surface area contributed by atoms with Crippen LogP contribution in [-0.4, -0.2) is 24.3 Å². The summed E-state index contributed by atoms with van der Waals surface area (Å²) in [6.07, 6.45) is 2.51. The zero-order chi connectivity index (χ0) is 13.5. The molecule has 0 bridgehead atoms. The Morgan fingerprint density at radius 3 is 2.61 bits per heavy atom. The second-order valence-corrected chi connectivity index (χ2v) is 4.84. The molecule has 2 nitrogen and oxygen atoms in total. The lowest BCUT2D eigenvalue weighted by Crippen LogP contribution is -2.24. The topological polar surface area (TPSA) is 20.3 Å². The van der Waals surface area contributed by atoms with Crippen molar-refractivity contribution in [1.82, 2.24) is 4.90 Å². The Morgan fingerprint density at radius 1 is 1.33 bits per heavy atom. The molecule has 0 spiro atoms. The SMILES string of the molecule is CC(=O)CCCCN(C)C(C)c1ccccc1F. The van der Waals surface area contributed by atoms with Crippen LogP contribution in [0.5, 0.6) is 0 Å². The molecule has 3 heteroatoms. The van der Waals surface area contributed by atoms with Gasteiger partial charge >= 0.3 is 0 Å². The molecule has 1 aromatic rings. The number of rotatable bonds is 7. The zero-order valence-corrected chi connectivity index (χ0v) is 11.4. The van der Waals surface area contributed by atoms with E-state index < -0.39 is 0 Å². The van der Waals surface area contributed by atoms with Gasteiger partial charge in [-0.05, 0) is 46.3 Å². The third-order valence-electron chi connectivity index (χ3n) is 3.31. The van der Waals surface area contributed by atoms with E-state index in [4.69, 9.17) is 0 Å². The Bertz CT molecular complexity index is 392. The average Bonchev–Trinajstić information content (AvgIpc) is 2.34. The van der Waals surface area contributed by atoms with Gasteiger partial charge in [0, 0.05) is 18.0 Å². The highest BCUT2D eigenvalue weighted by molar-refractivity contribution is 5.75. The molecule has 0 fully saturated rings. The van der Waals surface area contributed by atoms with Crippen molar-refractivity contribution in [2.75, 3.05) is 13.6 Å². The molecule has 18 heavy (non-hydrogen) atoms. The summed E-state index contributed by atoms with van der Waals surface area (Å²) in [5, 5.41) is 0. The molecular weight excluding hydrogens is 229 g/mol. The Hall–Kier alpha value is -1.22. The van der Waals surface area contributed by atoms with E-state index in [0.717, 1.165) is 24.9 Å². The van der Waals surface area contributed by atoms with Gasteiger partial charge in [0.1, 0.15) is 11.6 Å². The van der Waals surface area contributed by atoms with Crippen LogP contribution in [-0.2, 0) is 4.79 Å². The minimum absolute atomic E-state index is 0.0588. The van der Waals surface area contributed by atoms with Crippen LogP contribution in [0.25, 0.3) is 0 Å². The van der Waals surface area contributed by atoms with E-state index in [0.29, 0.717) is 6.42 Å². The molecule has 0 saturated carbocycles. The van der Waals surface area contributed by atoms with Crippen LogP contribution in [0.2, 0.25) is 0 Å². The molecular formula is C15H22FNO. The highest BCUT2D eigenvalue weighted by Crippen LogP contribution is 2.21. The Kier molecular flexibility index (Phi) is 5.99. The van der Waals surface area contributed by atoms with Crippen molar-refractivity contribution in [2.45, 2.75) is 39.2 Å². The van der Waals surface area contributed by atoms with Crippen molar-refractivity contribution < 1.29 is 9.18 Å². The first-order chi connectivity index (χ1) is 8.52. The van der Waals surface area contributed by atoms with Crippen molar-refractivity contribution in [3.8, 4) is 0 Å². The van der Waals surface area contributed by atoms with E-state index in [1.54, 1.807) is 13.0 Å². The number of nitrogens with zero attached hydrogens (tertiary/aromatic N) is 1. The van der Waals surface area contributed by atoms with Gasteiger partial charge in [0.05, 0.1) is 0 Å². The summed E-state index contributed by atoms with van der Waals surface area (Å²) in [5.74, 6) is 0.0837. The number of hydrogen-bond acceptors (Lipinski definition) is 2. The van der Waals surface area contributed by atoms with Crippen molar-refractivity contribution in [1.29, 1.82) is 0 Å². The maximum Gasteiger partial charge on any atom is 0.129 e. The van der Waals surface area contributed by atoms with Gasteiger partial charge in [-0.25, -0.2) is 4.39 Å². The number of carbonyl (C=O) groups excluding carboxylic acids is 1. The maximum absolute atomic E-state index is 13.6. The summed E-state index contributed by atoms with van der Waals surface area (Å²) < 4.78 is 13.6. The van der Waals surface area contributed by atoms with Crippen LogP contribution in [0, 0.1) is 5.82 Å². The number of carbonyl (C=O) groups is 1. The Morgan fingerprint density at radius 2 is 2.00 bits per heavy atom. The van der Waals surface area contributed by atoms with E-state index in [2.05, 4.69) is 4.90 Å². The molecule has 0 aromatic heterocycles. The number of benzene rings is 1. The predicted octanol–water partition coefficient (Wildman–Crippen LogP) is 3.58. The molecule has 100 valence electrons. The smallest absolute Gasteiger partial charge is 0.129 e. The molecule has 0 aliphatic heterocycles. The van der Waals surface area contributed by atoms with Crippen LogP contribution in [0.1, 0.15) is 44.7 Å². The largest absolute Gasteiger partial charge is 0.300 e. The Balaban J connectivity index is 2.44. The van der Waals surface area contributed by atoms with Gasteiger partial charge in [-0.2, -0.15) is 0 Å². The summed E-state index contributed by atoms with van der Waals surface area (Å²) in [6.45, 7) is 4.50. The molecule has 0 saturated heterocycles. The highest BCUT2D eigenvalue weighted by Gasteiger charge is 2.14. The maximum atomic E-state index is 13.6. The van der Waals surface area contributed by atoms with Crippen molar-refractivity contribution >= 4 is 5.78 Å². The molecule has 0 amide bonds. The number of hydrogen-bond donors (Lipinski definition) is 0. The van der Waals surface area contributed by atoms with E-state index in [1.807, 2.05) is 26.1 Å². The normalized spacial score (nSPS) is 12.7. The molecule has 0 aliphatic carbocycles. The monoisotopic (exact) mass is 251 g/mol. The first-order valence-electron chi connectivity index (χ1n) is 6.46. The second-order valence-electron chi connectivity index (χ2n) is 4.84. The van der Waals surface area contributed by atoms with Crippen LogP contribution in [0.3, 0.4) is 0 Å². The fourth-order valence-corrected chi connectivity index (χ4v) is 1.98. The van der Waals surface area contributed by atoms with Gasteiger partial charge in [0.15, 0.2) is 0 Å². The van der Waals surface area contributed by atoms with Crippen molar-refractivity contribution in [2.24, 2.45) is 0 Å². The van der Waals surface area contributed by atoms with Crippen molar-refractivity contribution in [3.63, 3.8) is 0 Å². The van der Waals surface area contributed by atoms with E-state index in [1.165, 1.54) is 6.07 Å². The summed E-state index contributed by atoms with van der Waals surface area (Å²) in [6, 6.07) is 6.95. The van der Waals surface area contributed by atoms with Gasteiger partial charge in [-0.3, -0.25) is 4.90 Å². The second kappa shape index (κ2) is 7.27. The molecule has 1 rings (SSSR count). The molecule has 0 N–H and O–H groups in total. The van der Waals surface area contributed by atoms with Crippen LogP contribution in [0.15, 0.2) is 24.3 Å². The number of halogens is 1. The fourth-order valence-electron chi connectivity index (χ4n) is 1.98. The lowest BCUT2D eigenvalue weighted by Gasteiger charge is -2.25. The highest BCUT2D eigenvalue weighted by atomic mass is 19.1. The fraction of sp³-hybridized carbons (Fsp3) is 0.533. The molecule has 0 aliphatic rings. The number of ketones is 1. The first-order valence-corrected chi connectivity index (χ1v) is 6.46. The minimum Gasteiger partial charge on any atom is -0.300 e. The summed E-state index contributed by atoms with van der Waals surface area (Å²) in [4.78, 5) is 12.9. The van der Waals surface area contributed by atoms with Gasteiger partial charge in [0.25, 0.3) is 0 Å². The first kappa shape index (κ1) is 14.8. The molecule has 1 unspecified atom stereocenters. The minimum atomic E-state index is -0.152. The van der Waals surface area contributed by atoms with Gasteiger partial charge in [0.2, 0.25) is 0 Å². The van der Waals surface area contributed by atoms with Crippen LogP contribution in [0.4, 0.5) is 4.39 Å². The zero-order valence-electron chi connectivity index (χ0n) is 11.4. The predicted molar refractivity (Wildman–Crippen MR) is 72.0 cm³/mol. The lowest BCUT2D eigenvalue weighted by molar-refractivity contribution is -0.117. The van der Waals surface area contributed by atoms with E-state index in [-0.39, 0.29) is 17.6 Å². The molecule has 1 atom stereocenters. The van der Waals surface area contributed by atoms with Gasteiger partial charge < -0.3 is 4.79 Å². The third kappa shape index (κ3) is 4.57. The van der Waals surface area contributed by atoms with E-state index in [9.17, 15) is 9.18 Å². The Labute approximate surface area is 109 Å². The standard InChI is InChI=1S/C15H22FNO/c1-12(18)8-6-7-11-17(3)13(2)14-9-4-5-10-15(14)16/h4-5,9-10,13H,6-8,11H2,1-3H3. The van der Waals surface area contributed by atoms with Gasteiger partial charge in [-0.1, -0.05) is 18.2 Å². The molecule has 0 heterocycles. The third-order valence-corrected chi connectivity index (χ3v) is 3.31. The van der Waals surface area contributed by atoms with Crippen LogP contribution >= 0.6 is 0 Å². The molecule has 1 aromatic carbocycles. The number of unbranched alkanes of at least 4 members (excludes halogenated alkanes) is 1. The average molecular weight is 251 g/mol. The summed E-state index contributed by atoms with van der Waals surface area (Å²) in [7, 11) is 1.99. The number of Topliss-reactive ketones (excluding diaryl/α,β-unsaturated/α-hetero) is 1. The summed E-state index contributed by atoms with van der Waals surface area (Å²) >= 11 is 0. The quantitative estimate of drug-likeness (QED) is 0.690.